The average molecular weight is 224 g/mol. The maximum absolute atomic E-state index is 5.96. The van der Waals surface area contributed by atoms with Crippen LogP contribution in [0.1, 0.15) is 26.7 Å². The average Bonchev–Trinajstić information content (AvgIpc) is 2.28. The molecule has 5 nitrogen and oxygen atoms in total. The predicted molar refractivity (Wildman–Crippen MR) is 65.8 cm³/mol. The van der Waals surface area contributed by atoms with Crippen molar-refractivity contribution >= 4 is 11.5 Å². The molecule has 0 aliphatic heterocycles. The van der Waals surface area contributed by atoms with Crippen molar-refractivity contribution in [2.45, 2.75) is 26.7 Å². The van der Waals surface area contributed by atoms with Crippen LogP contribution >= 0.6 is 0 Å². The van der Waals surface area contributed by atoms with Crippen molar-refractivity contribution < 1.29 is 4.74 Å². The Balaban J connectivity index is 2.85. The molecule has 0 aliphatic carbocycles. The zero-order chi connectivity index (χ0) is 12.0. The molecule has 5 heteroatoms. The van der Waals surface area contributed by atoms with Gasteiger partial charge in [-0.15, -0.1) is 0 Å². The van der Waals surface area contributed by atoms with E-state index in [0.717, 1.165) is 25.2 Å². The van der Waals surface area contributed by atoms with Crippen LogP contribution < -0.4 is 15.4 Å². The van der Waals surface area contributed by atoms with Crippen LogP contribution in [0.5, 0.6) is 5.88 Å². The van der Waals surface area contributed by atoms with Crippen LogP contribution in [0.15, 0.2) is 6.33 Å². The molecule has 1 aromatic heterocycles. The zero-order valence-corrected chi connectivity index (χ0v) is 10.2. The van der Waals surface area contributed by atoms with Gasteiger partial charge < -0.3 is 15.4 Å². The number of nitrogens with zero attached hydrogens (tertiary/aromatic N) is 3. The summed E-state index contributed by atoms with van der Waals surface area (Å²) in [5, 5.41) is 0. The molecule has 2 N–H and O–H groups in total. The molecule has 0 unspecified atom stereocenters. The summed E-state index contributed by atoms with van der Waals surface area (Å²) in [5.41, 5.74) is 6.48. The molecule has 0 saturated carbocycles. The van der Waals surface area contributed by atoms with Gasteiger partial charge in [-0.05, 0) is 12.8 Å². The van der Waals surface area contributed by atoms with Crippen molar-refractivity contribution in [3.05, 3.63) is 6.33 Å². The third-order valence-corrected chi connectivity index (χ3v) is 2.19. The Morgan fingerprint density at radius 2 is 2.06 bits per heavy atom. The second-order valence-corrected chi connectivity index (χ2v) is 3.69. The maximum Gasteiger partial charge on any atom is 0.242 e. The molecule has 0 aliphatic rings. The fraction of sp³-hybridized carbons (Fsp3) is 0.636. The lowest BCUT2D eigenvalue weighted by Crippen LogP contribution is -2.21. The molecule has 0 fully saturated rings. The monoisotopic (exact) mass is 224 g/mol. The van der Waals surface area contributed by atoms with E-state index in [0.29, 0.717) is 18.2 Å². The van der Waals surface area contributed by atoms with Gasteiger partial charge in [-0.25, -0.2) is 4.98 Å². The summed E-state index contributed by atoms with van der Waals surface area (Å²) in [7, 11) is 1.96. The number of nitrogen functional groups attached to an aromatic ring is 1. The second kappa shape index (κ2) is 6.15. The first-order valence-electron chi connectivity index (χ1n) is 5.65. The van der Waals surface area contributed by atoms with Crippen LogP contribution in [-0.2, 0) is 0 Å². The quantitative estimate of drug-likeness (QED) is 0.796. The van der Waals surface area contributed by atoms with Gasteiger partial charge in [-0.2, -0.15) is 4.98 Å². The van der Waals surface area contributed by atoms with Crippen molar-refractivity contribution in [1.82, 2.24) is 9.97 Å². The summed E-state index contributed by atoms with van der Waals surface area (Å²) >= 11 is 0. The number of hydrogen-bond donors (Lipinski definition) is 1. The van der Waals surface area contributed by atoms with Crippen molar-refractivity contribution in [2.24, 2.45) is 0 Å². The number of aromatic nitrogens is 2. The van der Waals surface area contributed by atoms with E-state index in [4.69, 9.17) is 10.5 Å². The summed E-state index contributed by atoms with van der Waals surface area (Å²) in [6.07, 6.45) is 3.47. The third kappa shape index (κ3) is 2.98. The molecular weight excluding hydrogens is 204 g/mol. The van der Waals surface area contributed by atoms with Crippen LogP contribution in [0, 0.1) is 0 Å². The number of nitrogens with two attached hydrogens (primary N) is 1. The minimum Gasteiger partial charge on any atom is -0.476 e. The third-order valence-electron chi connectivity index (χ3n) is 2.19. The Hall–Kier alpha value is -1.52. The predicted octanol–water partition coefficient (Wildman–Crippen LogP) is 1.69. The summed E-state index contributed by atoms with van der Waals surface area (Å²) in [5.74, 6) is 1.22. The van der Waals surface area contributed by atoms with E-state index >= 15 is 0 Å². The highest BCUT2D eigenvalue weighted by molar-refractivity contribution is 5.67. The molecule has 1 rings (SSSR count). The molecular formula is C11H20N4O. The molecule has 16 heavy (non-hydrogen) atoms. The van der Waals surface area contributed by atoms with Crippen LogP contribution in [0.3, 0.4) is 0 Å². The Morgan fingerprint density at radius 3 is 2.69 bits per heavy atom. The SMILES string of the molecule is CCCOc1ncnc(N(C)CCC)c1N. The molecule has 0 radical (unpaired) electrons. The maximum atomic E-state index is 5.96. The van der Waals surface area contributed by atoms with E-state index in [1.807, 2.05) is 18.9 Å². The minimum atomic E-state index is 0.481. The largest absolute Gasteiger partial charge is 0.476 e. The highest BCUT2D eigenvalue weighted by Gasteiger charge is 2.12. The first-order chi connectivity index (χ1) is 7.70. The van der Waals surface area contributed by atoms with E-state index in [-0.39, 0.29) is 0 Å². The molecule has 1 heterocycles. The number of hydrogen-bond acceptors (Lipinski definition) is 5. The van der Waals surface area contributed by atoms with E-state index in [9.17, 15) is 0 Å². The standard InChI is InChI=1S/C11H20N4O/c1-4-6-15(3)10-9(12)11(14-8-13-10)16-7-5-2/h8H,4-7,12H2,1-3H3. The molecule has 0 bridgehead atoms. The lowest BCUT2D eigenvalue weighted by Gasteiger charge is -2.19. The number of rotatable bonds is 6. The Morgan fingerprint density at radius 1 is 1.31 bits per heavy atom. The van der Waals surface area contributed by atoms with E-state index in [2.05, 4.69) is 16.9 Å². The summed E-state index contributed by atoms with van der Waals surface area (Å²) < 4.78 is 5.45. The second-order valence-electron chi connectivity index (χ2n) is 3.69. The van der Waals surface area contributed by atoms with Gasteiger partial charge in [0, 0.05) is 13.6 Å². The van der Waals surface area contributed by atoms with Gasteiger partial charge in [0.2, 0.25) is 5.88 Å². The number of ether oxygens (including phenoxy) is 1. The van der Waals surface area contributed by atoms with Gasteiger partial charge in [0.1, 0.15) is 12.0 Å². The zero-order valence-electron chi connectivity index (χ0n) is 10.2. The van der Waals surface area contributed by atoms with Crippen LogP contribution in [-0.4, -0.2) is 30.2 Å². The summed E-state index contributed by atoms with van der Waals surface area (Å²) in [6.45, 7) is 5.69. The fourth-order valence-corrected chi connectivity index (χ4v) is 1.43. The van der Waals surface area contributed by atoms with Gasteiger partial charge in [-0.1, -0.05) is 13.8 Å². The Labute approximate surface area is 96.6 Å². The van der Waals surface area contributed by atoms with Gasteiger partial charge in [0.05, 0.1) is 6.61 Å². The smallest absolute Gasteiger partial charge is 0.242 e. The lowest BCUT2D eigenvalue weighted by molar-refractivity contribution is 0.306. The first kappa shape index (κ1) is 12.5. The highest BCUT2D eigenvalue weighted by atomic mass is 16.5. The molecule has 0 amide bonds. The van der Waals surface area contributed by atoms with Gasteiger partial charge in [0.25, 0.3) is 0 Å². The van der Waals surface area contributed by atoms with E-state index in [1.165, 1.54) is 6.33 Å². The molecule has 0 spiro atoms. The topological polar surface area (TPSA) is 64.3 Å². The van der Waals surface area contributed by atoms with Crippen LogP contribution in [0.25, 0.3) is 0 Å². The Bertz CT molecular complexity index is 330. The number of anilines is 2. The molecule has 0 aromatic carbocycles. The summed E-state index contributed by atoms with van der Waals surface area (Å²) in [4.78, 5) is 10.2. The Kier molecular flexibility index (Phi) is 4.82. The molecule has 0 saturated heterocycles. The molecule has 1 aromatic rings. The van der Waals surface area contributed by atoms with E-state index in [1.54, 1.807) is 0 Å². The molecule has 90 valence electrons. The fourth-order valence-electron chi connectivity index (χ4n) is 1.43. The van der Waals surface area contributed by atoms with Crippen molar-refractivity contribution in [3.8, 4) is 5.88 Å². The van der Waals surface area contributed by atoms with Crippen LogP contribution in [0.4, 0.5) is 11.5 Å². The normalized spacial score (nSPS) is 10.2. The minimum absolute atomic E-state index is 0.481. The lowest BCUT2D eigenvalue weighted by atomic mass is 10.4. The summed E-state index contributed by atoms with van der Waals surface area (Å²) in [6, 6.07) is 0. The van der Waals surface area contributed by atoms with Gasteiger partial charge in [0.15, 0.2) is 5.82 Å². The van der Waals surface area contributed by atoms with Crippen molar-refractivity contribution in [2.75, 3.05) is 30.8 Å². The van der Waals surface area contributed by atoms with Crippen molar-refractivity contribution in [3.63, 3.8) is 0 Å². The highest BCUT2D eigenvalue weighted by Crippen LogP contribution is 2.27. The van der Waals surface area contributed by atoms with Crippen LogP contribution in [0.2, 0.25) is 0 Å². The first-order valence-corrected chi connectivity index (χ1v) is 5.65. The van der Waals surface area contributed by atoms with E-state index < -0.39 is 0 Å². The van der Waals surface area contributed by atoms with Crippen molar-refractivity contribution in [1.29, 1.82) is 0 Å². The van der Waals surface area contributed by atoms with Gasteiger partial charge >= 0.3 is 0 Å². The van der Waals surface area contributed by atoms with Gasteiger partial charge in [-0.3, -0.25) is 0 Å². The molecule has 0 atom stereocenters.